The van der Waals surface area contributed by atoms with Crippen molar-refractivity contribution in [2.24, 2.45) is 0 Å². The van der Waals surface area contributed by atoms with Gasteiger partial charge >= 0.3 is 0 Å². The van der Waals surface area contributed by atoms with Gasteiger partial charge in [-0.3, -0.25) is 0 Å². The molecule has 0 aliphatic carbocycles. The molecule has 102 valence electrons. The van der Waals surface area contributed by atoms with Crippen LogP contribution in [-0.4, -0.2) is 9.97 Å². The largest absolute Gasteiger partial charge is 0.362 e. The highest BCUT2D eigenvalue weighted by Crippen LogP contribution is 2.29. The maximum absolute atomic E-state index is 4.38. The number of fused-ring (bicyclic) bond motifs is 1. The minimum atomic E-state index is 0.218. The topological polar surface area (TPSA) is 37.8 Å². The lowest BCUT2D eigenvalue weighted by Crippen LogP contribution is -2.09. The van der Waals surface area contributed by atoms with Gasteiger partial charge in [0.05, 0.1) is 16.3 Å². The van der Waals surface area contributed by atoms with Crippen molar-refractivity contribution in [3.8, 4) is 0 Å². The molecule has 1 aromatic carbocycles. The molecule has 3 aromatic rings. The van der Waals surface area contributed by atoms with E-state index in [-0.39, 0.29) is 6.04 Å². The predicted molar refractivity (Wildman–Crippen MR) is 85.4 cm³/mol. The van der Waals surface area contributed by atoms with Crippen molar-refractivity contribution in [2.75, 3.05) is 5.32 Å². The summed E-state index contributed by atoms with van der Waals surface area (Å²) < 4.78 is 1.12. The Balaban J connectivity index is 1.94. The van der Waals surface area contributed by atoms with E-state index in [1.165, 1.54) is 16.7 Å². The van der Waals surface area contributed by atoms with E-state index in [4.69, 9.17) is 0 Å². The molecular formula is C16H17N3S. The SMILES string of the molecule is Cc1ccc(C)c([C@@H](C)Nc2ncnc3ccsc23)c1. The number of aromatic nitrogens is 2. The lowest BCUT2D eigenvalue weighted by atomic mass is 10.00. The molecule has 0 saturated carbocycles. The van der Waals surface area contributed by atoms with Gasteiger partial charge in [0.15, 0.2) is 0 Å². The van der Waals surface area contributed by atoms with Crippen LogP contribution in [0.5, 0.6) is 0 Å². The molecule has 0 bridgehead atoms. The van der Waals surface area contributed by atoms with Crippen molar-refractivity contribution < 1.29 is 0 Å². The Bertz CT molecular complexity index is 748. The smallest absolute Gasteiger partial charge is 0.147 e. The third-order valence-corrected chi connectivity index (χ3v) is 4.41. The fraction of sp³-hybridized carbons (Fsp3) is 0.250. The molecule has 1 N–H and O–H groups in total. The average Bonchev–Trinajstić information content (AvgIpc) is 2.91. The Labute approximate surface area is 122 Å². The Morgan fingerprint density at radius 2 is 2.00 bits per heavy atom. The van der Waals surface area contributed by atoms with E-state index < -0.39 is 0 Å². The zero-order valence-electron chi connectivity index (χ0n) is 11.8. The van der Waals surface area contributed by atoms with Gasteiger partial charge in [0, 0.05) is 0 Å². The lowest BCUT2D eigenvalue weighted by Gasteiger charge is -2.18. The number of hydrogen-bond donors (Lipinski definition) is 1. The molecular weight excluding hydrogens is 266 g/mol. The van der Waals surface area contributed by atoms with E-state index in [1.807, 2.05) is 11.4 Å². The van der Waals surface area contributed by atoms with E-state index in [2.05, 4.69) is 54.3 Å². The van der Waals surface area contributed by atoms with Gasteiger partial charge in [0.2, 0.25) is 0 Å². The van der Waals surface area contributed by atoms with E-state index in [0.29, 0.717) is 0 Å². The molecule has 3 rings (SSSR count). The minimum Gasteiger partial charge on any atom is -0.362 e. The quantitative estimate of drug-likeness (QED) is 0.770. The first-order chi connectivity index (χ1) is 9.65. The number of thiophene rings is 1. The van der Waals surface area contributed by atoms with Crippen molar-refractivity contribution in [2.45, 2.75) is 26.8 Å². The maximum atomic E-state index is 4.38. The van der Waals surface area contributed by atoms with Gasteiger partial charge in [-0.25, -0.2) is 9.97 Å². The number of nitrogens with zero attached hydrogens (tertiary/aromatic N) is 2. The summed E-state index contributed by atoms with van der Waals surface area (Å²) in [5, 5.41) is 5.56. The third kappa shape index (κ3) is 2.39. The van der Waals surface area contributed by atoms with Gasteiger partial charge in [-0.1, -0.05) is 23.8 Å². The summed E-state index contributed by atoms with van der Waals surface area (Å²) in [5.41, 5.74) is 4.89. The first-order valence-corrected chi connectivity index (χ1v) is 7.55. The number of benzene rings is 1. The Kier molecular flexibility index (Phi) is 3.40. The molecule has 3 nitrogen and oxygen atoms in total. The van der Waals surface area contributed by atoms with Crippen LogP contribution in [-0.2, 0) is 0 Å². The molecule has 0 amide bonds. The second kappa shape index (κ2) is 5.21. The fourth-order valence-corrected chi connectivity index (χ4v) is 3.20. The molecule has 20 heavy (non-hydrogen) atoms. The normalized spacial score (nSPS) is 12.6. The zero-order chi connectivity index (χ0) is 14.1. The molecule has 2 heterocycles. The van der Waals surface area contributed by atoms with Crippen LogP contribution in [0.25, 0.3) is 10.2 Å². The molecule has 4 heteroatoms. The maximum Gasteiger partial charge on any atom is 0.147 e. The summed E-state index contributed by atoms with van der Waals surface area (Å²) in [5.74, 6) is 0.915. The monoisotopic (exact) mass is 283 g/mol. The van der Waals surface area contributed by atoms with E-state index >= 15 is 0 Å². The van der Waals surface area contributed by atoms with Crippen LogP contribution < -0.4 is 5.32 Å². The van der Waals surface area contributed by atoms with E-state index in [0.717, 1.165) is 16.0 Å². The van der Waals surface area contributed by atoms with Crippen molar-refractivity contribution in [3.63, 3.8) is 0 Å². The summed E-state index contributed by atoms with van der Waals surface area (Å²) in [7, 11) is 0. The molecule has 0 spiro atoms. The Hall–Kier alpha value is -1.94. The van der Waals surface area contributed by atoms with Crippen molar-refractivity contribution in [1.29, 1.82) is 0 Å². The number of anilines is 1. The highest BCUT2D eigenvalue weighted by molar-refractivity contribution is 7.17. The predicted octanol–water partition coefficient (Wildman–Crippen LogP) is 4.48. The average molecular weight is 283 g/mol. The third-order valence-electron chi connectivity index (χ3n) is 3.50. The molecule has 0 aliphatic heterocycles. The van der Waals surface area contributed by atoms with E-state index in [1.54, 1.807) is 17.7 Å². The summed E-state index contributed by atoms with van der Waals surface area (Å²) in [6.45, 7) is 6.44. The minimum absolute atomic E-state index is 0.218. The van der Waals surface area contributed by atoms with E-state index in [9.17, 15) is 0 Å². The molecule has 0 radical (unpaired) electrons. The van der Waals surface area contributed by atoms with Gasteiger partial charge in [0.1, 0.15) is 12.1 Å². The van der Waals surface area contributed by atoms with Crippen LogP contribution in [0.1, 0.15) is 29.7 Å². The van der Waals surface area contributed by atoms with Crippen LogP contribution in [0.4, 0.5) is 5.82 Å². The Morgan fingerprint density at radius 3 is 2.85 bits per heavy atom. The van der Waals surface area contributed by atoms with Gasteiger partial charge in [-0.05, 0) is 43.3 Å². The van der Waals surface area contributed by atoms with Crippen LogP contribution >= 0.6 is 11.3 Å². The number of hydrogen-bond acceptors (Lipinski definition) is 4. The number of nitrogens with one attached hydrogen (secondary N) is 1. The molecule has 0 saturated heterocycles. The summed E-state index contributed by atoms with van der Waals surface area (Å²) in [6, 6.07) is 8.79. The first kappa shape index (κ1) is 13.1. The lowest BCUT2D eigenvalue weighted by molar-refractivity contribution is 0.864. The fourth-order valence-electron chi connectivity index (χ4n) is 2.40. The van der Waals surface area contributed by atoms with Crippen LogP contribution in [0.15, 0.2) is 36.0 Å². The van der Waals surface area contributed by atoms with Crippen LogP contribution in [0.3, 0.4) is 0 Å². The first-order valence-electron chi connectivity index (χ1n) is 6.67. The highest BCUT2D eigenvalue weighted by Gasteiger charge is 2.12. The molecule has 1 atom stereocenters. The summed E-state index contributed by atoms with van der Waals surface area (Å²) in [4.78, 5) is 8.66. The van der Waals surface area contributed by atoms with Crippen molar-refractivity contribution in [1.82, 2.24) is 9.97 Å². The number of aryl methyl sites for hydroxylation is 2. The molecule has 0 fully saturated rings. The molecule has 0 aliphatic rings. The second-order valence-corrected chi connectivity index (χ2v) is 6.00. The molecule has 0 unspecified atom stereocenters. The Morgan fingerprint density at radius 1 is 1.15 bits per heavy atom. The van der Waals surface area contributed by atoms with Crippen LogP contribution in [0, 0.1) is 13.8 Å². The summed E-state index contributed by atoms with van der Waals surface area (Å²) in [6.07, 6.45) is 1.62. The second-order valence-electron chi connectivity index (χ2n) is 5.08. The molecule has 2 aromatic heterocycles. The van der Waals surface area contributed by atoms with Gasteiger partial charge < -0.3 is 5.32 Å². The van der Waals surface area contributed by atoms with Crippen LogP contribution in [0.2, 0.25) is 0 Å². The van der Waals surface area contributed by atoms with Crippen molar-refractivity contribution in [3.05, 3.63) is 52.7 Å². The number of rotatable bonds is 3. The van der Waals surface area contributed by atoms with Gasteiger partial charge in [-0.15, -0.1) is 11.3 Å². The zero-order valence-corrected chi connectivity index (χ0v) is 12.7. The van der Waals surface area contributed by atoms with Gasteiger partial charge in [-0.2, -0.15) is 0 Å². The highest BCUT2D eigenvalue weighted by atomic mass is 32.1. The standard InChI is InChI=1S/C16H17N3S/c1-10-4-5-11(2)13(8-10)12(3)19-16-15-14(6-7-20-15)17-9-18-16/h4-9,12H,1-3H3,(H,17,18,19)/t12-/m1/s1. The van der Waals surface area contributed by atoms with Crippen molar-refractivity contribution >= 4 is 27.4 Å². The summed E-state index contributed by atoms with van der Waals surface area (Å²) >= 11 is 1.67. The van der Waals surface area contributed by atoms with Gasteiger partial charge in [0.25, 0.3) is 0 Å².